The first kappa shape index (κ1) is 24.5. The van der Waals surface area contributed by atoms with Gasteiger partial charge in [-0.1, -0.05) is 42.2 Å². The SMILES string of the molecule is CCN1C(=O)/C(=C/c2cc(I)c(OCC(=O)Nc3c(C)cccc3C)c(OC)c2)SC1=S. The Bertz CT molecular complexity index is 1100. The highest BCUT2D eigenvalue weighted by atomic mass is 127. The van der Waals surface area contributed by atoms with Gasteiger partial charge in [-0.05, 0) is 78.3 Å². The van der Waals surface area contributed by atoms with E-state index in [0.29, 0.717) is 27.3 Å². The van der Waals surface area contributed by atoms with Crippen LogP contribution in [0.2, 0.25) is 0 Å². The summed E-state index contributed by atoms with van der Waals surface area (Å²) in [5.41, 5.74) is 3.56. The molecule has 168 valence electrons. The average Bonchev–Trinajstić information content (AvgIpc) is 3.01. The van der Waals surface area contributed by atoms with E-state index < -0.39 is 0 Å². The molecule has 1 fully saturated rings. The zero-order valence-electron chi connectivity index (χ0n) is 18.2. The molecule has 1 aliphatic rings. The number of nitrogens with one attached hydrogen (secondary N) is 1. The van der Waals surface area contributed by atoms with Gasteiger partial charge in [0.25, 0.3) is 11.8 Å². The molecule has 2 aromatic carbocycles. The van der Waals surface area contributed by atoms with E-state index in [1.54, 1.807) is 17.0 Å². The lowest BCUT2D eigenvalue weighted by atomic mass is 10.1. The van der Waals surface area contributed by atoms with E-state index in [1.807, 2.05) is 45.0 Å². The van der Waals surface area contributed by atoms with Crippen molar-refractivity contribution in [3.8, 4) is 11.5 Å². The topological polar surface area (TPSA) is 67.9 Å². The minimum atomic E-state index is -0.257. The van der Waals surface area contributed by atoms with Crippen LogP contribution in [0, 0.1) is 17.4 Å². The van der Waals surface area contributed by atoms with Crippen molar-refractivity contribution in [2.45, 2.75) is 20.8 Å². The van der Waals surface area contributed by atoms with Crippen molar-refractivity contribution in [1.29, 1.82) is 0 Å². The van der Waals surface area contributed by atoms with Gasteiger partial charge >= 0.3 is 0 Å². The summed E-state index contributed by atoms with van der Waals surface area (Å²) >= 11 is 8.68. The molecule has 0 atom stereocenters. The number of carbonyl (C=O) groups excluding carboxylic acids is 2. The summed E-state index contributed by atoms with van der Waals surface area (Å²) < 4.78 is 12.6. The Labute approximate surface area is 210 Å². The van der Waals surface area contributed by atoms with E-state index in [9.17, 15) is 9.59 Å². The number of methoxy groups -OCH3 is 1. The van der Waals surface area contributed by atoms with E-state index in [1.165, 1.54) is 18.9 Å². The van der Waals surface area contributed by atoms with Crippen LogP contribution in [-0.2, 0) is 9.59 Å². The number of thioether (sulfide) groups is 1. The van der Waals surface area contributed by atoms with E-state index in [-0.39, 0.29) is 18.4 Å². The van der Waals surface area contributed by atoms with Gasteiger partial charge in [-0.15, -0.1) is 0 Å². The molecule has 0 unspecified atom stereocenters. The van der Waals surface area contributed by atoms with Crippen molar-refractivity contribution in [3.63, 3.8) is 0 Å². The van der Waals surface area contributed by atoms with Crippen LogP contribution in [-0.4, -0.2) is 41.3 Å². The molecule has 0 saturated carbocycles. The third kappa shape index (κ3) is 5.44. The van der Waals surface area contributed by atoms with E-state index >= 15 is 0 Å². The smallest absolute Gasteiger partial charge is 0.266 e. The summed E-state index contributed by atoms with van der Waals surface area (Å²) in [6.45, 7) is 6.17. The van der Waals surface area contributed by atoms with E-state index in [2.05, 4.69) is 27.9 Å². The molecule has 0 spiro atoms. The zero-order valence-corrected chi connectivity index (χ0v) is 21.9. The standard InChI is InChI=1S/C23H23IN2O4S2/c1-5-26-22(28)18(32-23(26)31)11-15-9-16(24)21(17(10-15)29-4)30-12-19(27)25-20-13(2)7-6-8-14(20)3/h6-11H,5,12H2,1-4H3,(H,25,27)/b18-11-. The van der Waals surface area contributed by atoms with Gasteiger partial charge in [-0.25, -0.2) is 0 Å². The van der Waals surface area contributed by atoms with Crippen molar-refractivity contribution < 1.29 is 19.1 Å². The molecule has 2 amide bonds. The molecule has 32 heavy (non-hydrogen) atoms. The Morgan fingerprint density at radius 2 is 1.97 bits per heavy atom. The lowest BCUT2D eigenvalue weighted by molar-refractivity contribution is -0.122. The third-order valence-electron chi connectivity index (χ3n) is 4.83. The first-order valence-electron chi connectivity index (χ1n) is 9.86. The Morgan fingerprint density at radius 1 is 1.28 bits per heavy atom. The number of nitrogens with zero attached hydrogens (tertiary/aromatic N) is 1. The molecule has 9 heteroatoms. The van der Waals surface area contributed by atoms with Crippen LogP contribution < -0.4 is 14.8 Å². The third-order valence-corrected chi connectivity index (χ3v) is 7.01. The number of rotatable bonds is 7. The minimum Gasteiger partial charge on any atom is -0.493 e. The summed E-state index contributed by atoms with van der Waals surface area (Å²) in [4.78, 5) is 27.1. The molecule has 0 aliphatic carbocycles. The number of anilines is 1. The fourth-order valence-electron chi connectivity index (χ4n) is 3.21. The fraction of sp³-hybridized carbons (Fsp3) is 0.261. The zero-order chi connectivity index (χ0) is 23.4. The summed E-state index contributed by atoms with van der Waals surface area (Å²) in [6.07, 6.45) is 1.79. The van der Waals surface area contributed by atoms with Crippen LogP contribution in [0.4, 0.5) is 5.69 Å². The summed E-state index contributed by atoms with van der Waals surface area (Å²) in [7, 11) is 1.54. The van der Waals surface area contributed by atoms with Gasteiger partial charge in [0, 0.05) is 12.2 Å². The van der Waals surface area contributed by atoms with Crippen molar-refractivity contribution in [2.24, 2.45) is 0 Å². The molecule has 1 aliphatic heterocycles. The van der Waals surface area contributed by atoms with Crippen LogP contribution in [0.3, 0.4) is 0 Å². The molecule has 1 saturated heterocycles. The van der Waals surface area contributed by atoms with Crippen LogP contribution in [0.5, 0.6) is 11.5 Å². The minimum absolute atomic E-state index is 0.0972. The maximum absolute atomic E-state index is 12.5. The average molecular weight is 582 g/mol. The molecule has 1 heterocycles. The molecular weight excluding hydrogens is 559 g/mol. The number of hydrogen-bond acceptors (Lipinski definition) is 6. The lowest BCUT2D eigenvalue weighted by Gasteiger charge is -2.15. The number of ether oxygens (including phenoxy) is 2. The Hall–Kier alpha value is -2.11. The highest BCUT2D eigenvalue weighted by Gasteiger charge is 2.30. The molecule has 0 aromatic heterocycles. The van der Waals surface area contributed by atoms with Gasteiger partial charge in [0.2, 0.25) is 0 Å². The number of para-hydroxylation sites is 1. The second-order valence-electron chi connectivity index (χ2n) is 7.06. The lowest BCUT2D eigenvalue weighted by Crippen LogP contribution is -2.27. The number of thiocarbonyl (C=S) groups is 1. The number of benzene rings is 2. The normalized spacial score (nSPS) is 14.8. The van der Waals surface area contributed by atoms with Crippen molar-refractivity contribution in [2.75, 3.05) is 25.6 Å². The number of hydrogen-bond donors (Lipinski definition) is 1. The molecule has 0 bridgehead atoms. The molecule has 2 aromatic rings. The van der Waals surface area contributed by atoms with Crippen LogP contribution in [0.15, 0.2) is 35.2 Å². The van der Waals surface area contributed by atoms with E-state index in [0.717, 1.165) is 25.9 Å². The van der Waals surface area contributed by atoms with Crippen LogP contribution >= 0.6 is 46.6 Å². The van der Waals surface area contributed by atoms with Gasteiger partial charge < -0.3 is 14.8 Å². The van der Waals surface area contributed by atoms with Gasteiger partial charge in [0.1, 0.15) is 4.32 Å². The Kier molecular flexibility index (Phi) is 8.18. The first-order valence-corrected chi connectivity index (χ1v) is 12.2. The van der Waals surface area contributed by atoms with Gasteiger partial charge in [0.05, 0.1) is 15.6 Å². The van der Waals surface area contributed by atoms with E-state index in [4.69, 9.17) is 21.7 Å². The highest BCUT2D eigenvalue weighted by molar-refractivity contribution is 14.1. The maximum Gasteiger partial charge on any atom is 0.266 e. The summed E-state index contributed by atoms with van der Waals surface area (Å²) in [5, 5.41) is 2.91. The highest BCUT2D eigenvalue weighted by Crippen LogP contribution is 2.37. The van der Waals surface area contributed by atoms with Crippen molar-refractivity contribution in [3.05, 3.63) is 55.5 Å². The number of aryl methyl sites for hydroxylation is 2. The Balaban J connectivity index is 1.76. The number of halogens is 1. The van der Waals surface area contributed by atoms with Gasteiger partial charge in [0.15, 0.2) is 18.1 Å². The summed E-state index contributed by atoms with van der Waals surface area (Å²) in [5.74, 6) is 0.601. The fourth-order valence-corrected chi connectivity index (χ4v) is 5.38. The predicted molar refractivity (Wildman–Crippen MR) is 141 cm³/mol. The molecule has 1 N–H and O–H groups in total. The second-order valence-corrected chi connectivity index (χ2v) is 9.90. The number of carbonyl (C=O) groups is 2. The number of likely N-dealkylation sites (N-methyl/N-ethyl adjacent to an activating group) is 1. The monoisotopic (exact) mass is 582 g/mol. The van der Waals surface area contributed by atoms with Gasteiger partial charge in [-0.2, -0.15) is 0 Å². The largest absolute Gasteiger partial charge is 0.493 e. The molecule has 6 nitrogen and oxygen atoms in total. The van der Waals surface area contributed by atoms with Crippen molar-refractivity contribution in [1.82, 2.24) is 4.90 Å². The molecular formula is C23H23IN2O4S2. The molecule has 3 rings (SSSR count). The van der Waals surface area contributed by atoms with Crippen LogP contribution in [0.25, 0.3) is 6.08 Å². The first-order chi connectivity index (χ1) is 15.2. The number of amides is 2. The second kappa shape index (κ2) is 10.7. The quantitative estimate of drug-likeness (QED) is 0.277. The predicted octanol–water partition coefficient (Wildman–Crippen LogP) is 5.16. The maximum atomic E-state index is 12.5. The van der Waals surface area contributed by atoms with Gasteiger partial charge in [-0.3, -0.25) is 14.5 Å². The summed E-state index contributed by atoms with van der Waals surface area (Å²) in [6, 6.07) is 9.50. The van der Waals surface area contributed by atoms with Crippen molar-refractivity contribution >= 4 is 74.5 Å². The Morgan fingerprint density at radius 3 is 2.56 bits per heavy atom. The molecule has 0 radical (unpaired) electrons. The van der Waals surface area contributed by atoms with Crippen LogP contribution in [0.1, 0.15) is 23.6 Å².